The first-order valence-electron chi connectivity index (χ1n) is 7.33. The van der Waals surface area contributed by atoms with Gasteiger partial charge in [-0.3, -0.25) is 0 Å². The van der Waals surface area contributed by atoms with Crippen LogP contribution in [0.1, 0.15) is 16.7 Å². The third-order valence-electron chi connectivity index (χ3n) is 3.41. The van der Waals surface area contributed by atoms with Crippen LogP contribution in [0.25, 0.3) is 0 Å². The van der Waals surface area contributed by atoms with Crippen LogP contribution < -0.4 is 14.2 Å². The van der Waals surface area contributed by atoms with Crippen molar-refractivity contribution < 1.29 is 19.4 Å². The number of oxime groups is 1. The first kappa shape index (κ1) is 16.7. The molecule has 2 aromatic carbocycles. The fourth-order valence-corrected chi connectivity index (χ4v) is 2.26. The quantitative estimate of drug-likeness (QED) is 0.367. The number of hydrogen-bond donors (Lipinski definition) is 1. The highest BCUT2D eigenvalue weighted by Gasteiger charge is 2.06. The standard InChI is InChI=1S/C18H21NO4/c1-13-5-4-6-14(2)18(13)23-10-9-22-17-11-16(21-3)8-7-15(17)12-19-20/h4-8,11-12,20H,9-10H2,1-3H3. The number of para-hydroxylation sites is 1. The summed E-state index contributed by atoms with van der Waals surface area (Å²) >= 11 is 0. The lowest BCUT2D eigenvalue weighted by molar-refractivity contribution is 0.214. The summed E-state index contributed by atoms with van der Waals surface area (Å²) in [6.07, 6.45) is 1.32. The van der Waals surface area contributed by atoms with Crippen LogP contribution in [-0.4, -0.2) is 31.7 Å². The van der Waals surface area contributed by atoms with Crippen molar-refractivity contribution in [1.29, 1.82) is 0 Å². The van der Waals surface area contributed by atoms with Crippen molar-refractivity contribution in [1.82, 2.24) is 0 Å². The number of ether oxygens (including phenoxy) is 3. The Bertz CT molecular complexity index is 662. The molecule has 0 amide bonds. The maximum absolute atomic E-state index is 8.71. The molecule has 0 saturated heterocycles. The van der Waals surface area contributed by atoms with Crippen molar-refractivity contribution in [2.24, 2.45) is 5.16 Å². The molecular weight excluding hydrogens is 294 g/mol. The third kappa shape index (κ3) is 4.39. The first-order chi connectivity index (χ1) is 11.2. The zero-order valence-corrected chi connectivity index (χ0v) is 13.6. The minimum absolute atomic E-state index is 0.368. The van der Waals surface area contributed by atoms with Crippen LogP contribution in [0, 0.1) is 13.8 Å². The van der Waals surface area contributed by atoms with E-state index >= 15 is 0 Å². The van der Waals surface area contributed by atoms with Gasteiger partial charge in [0.05, 0.1) is 13.3 Å². The van der Waals surface area contributed by atoms with Crippen LogP contribution in [0.4, 0.5) is 0 Å². The van der Waals surface area contributed by atoms with Gasteiger partial charge < -0.3 is 19.4 Å². The first-order valence-corrected chi connectivity index (χ1v) is 7.33. The van der Waals surface area contributed by atoms with Gasteiger partial charge in [-0.15, -0.1) is 0 Å². The Morgan fingerprint density at radius 1 is 1.04 bits per heavy atom. The Hall–Kier alpha value is -2.69. The molecule has 0 aliphatic carbocycles. The smallest absolute Gasteiger partial charge is 0.132 e. The molecule has 1 N–H and O–H groups in total. The van der Waals surface area contributed by atoms with Gasteiger partial charge in [-0.25, -0.2) is 0 Å². The van der Waals surface area contributed by atoms with Gasteiger partial charge in [0.15, 0.2) is 0 Å². The van der Waals surface area contributed by atoms with Crippen LogP contribution in [-0.2, 0) is 0 Å². The Balaban J connectivity index is 1.98. The lowest BCUT2D eigenvalue weighted by Crippen LogP contribution is -2.11. The van der Waals surface area contributed by atoms with Gasteiger partial charge in [0.1, 0.15) is 30.5 Å². The monoisotopic (exact) mass is 315 g/mol. The minimum atomic E-state index is 0.368. The van der Waals surface area contributed by atoms with E-state index in [9.17, 15) is 0 Å². The highest BCUT2D eigenvalue weighted by molar-refractivity contribution is 5.83. The SMILES string of the molecule is COc1ccc(C=NO)c(OCCOc2c(C)cccc2C)c1. The largest absolute Gasteiger partial charge is 0.497 e. The summed E-state index contributed by atoms with van der Waals surface area (Å²) < 4.78 is 16.7. The molecule has 0 aliphatic rings. The summed E-state index contributed by atoms with van der Waals surface area (Å²) in [4.78, 5) is 0. The number of nitrogens with zero attached hydrogens (tertiary/aromatic N) is 1. The topological polar surface area (TPSA) is 60.3 Å². The summed E-state index contributed by atoms with van der Waals surface area (Å²) in [5.74, 6) is 2.14. The van der Waals surface area contributed by atoms with Gasteiger partial charge in [-0.05, 0) is 37.1 Å². The number of methoxy groups -OCH3 is 1. The molecule has 5 heteroatoms. The van der Waals surface area contributed by atoms with Gasteiger partial charge in [0, 0.05) is 11.6 Å². The molecule has 0 aromatic heterocycles. The highest BCUT2D eigenvalue weighted by atomic mass is 16.5. The Morgan fingerprint density at radius 2 is 1.74 bits per heavy atom. The molecule has 23 heavy (non-hydrogen) atoms. The van der Waals surface area contributed by atoms with E-state index in [0.29, 0.717) is 30.3 Å². The minimum Gasteiger partial charge on any atom is -0.497 e. The van der Waals surface area contributed by atoms with E-state index in [-0.39, 0.29) is 0 Å². The molecule has 0 aliphatic heterocycles. The maximum atomic E-state index is 8.71. The van der Waals surface area contributed by atoms with Gasteiger partial charge >= 0.3 is 0 Å². The van der Waals surface area contributed by atoms with E-state index in [1.807, 2.05) is 32.0 Å². The predicted octanol–water partition coefficient (Wildman–Crippen LogP) is 3.58. The molecule has 2 aromatic rings. The molecule has 0 radical (unpaired) electrons. The van der Waals surface area contributed by atoms with E-state index in [1.54, 1.807) is 25.3 Å². The zero-order valence-electron chi connectivity index (χ0n) is 13.6. The third-order valence-corrected chi connectivity index (χ3v) is 3.41. The summed E-state index contributed by atoms with van der Waals surface area (Å²) in [7, 11) is 1.59. The van der Waals surface area contributed by atoms with Gasteiger partial charge in [-0.2, -0.15) is 0 Å². The lowest BCUT2D eigenvalue weighted by atomic mass is 10.1. The highest BCUT2D eigenvalue weighted by Crippen LogP contribution is 2.24. The fourth-order valence-electron chi connectivity index (χ4n) is 2.26. The van der Waals surface area contributed by atoms with E-state index in [0.717, 1.165) is 16.9 Å². The van der Waals surface area contributed by atoms with Crippen molar-refractivity contribution in [2.75, 3.05) is 20.3 Å². The van der Waals surface area contributed by atoms with Crippen LogP contribution in [0.2, 0.25) is 0 Å². The molecule has 0 unspecified atom stereocenters. The van der Waals surface area contributed by atoms with Crippen molar-refractivity contribution in [3.8, 4) is 17.2 Å². The molecule has 0 spiro atoms. The van der Waals surface area contributed by atoms with Crippen molar-refractivity contribution in [2.45, 2.75) is 13.8 Å². The zero-order chi connectivity index (χ0) is 16.7. The summed E-state index contributed by atoms with van der Waals surface area (Å²) in [6, 6.07) is 11.3. The second-order valence-electron chi connectivity index (χ2n) is 5.07. The number of benzene rings is 2. The number of aryl methyl sites for hydroxylation is 2. The second kappa shape index (κ2) is 8.08. The second-order valence-corrected chi connectivity index (χ2v) is 5.07. The number of rotatable bonds is 7. The molecular formula is C18H21NO4. The van der Waals surface area contributed by atoms with Crippen molar-refractivity contribution >= 4 is 6.21 Å². The van der Waals surface area contributed by atoms with Gasteiger partial charge in [0.2, 0.25) is 0 Å². The molecule has 5 nitrogen and oxygen atoms in total. The van der Waals surface area contributed by atoms with E-state index in [2.05, 4.69) is 5.16 Å². The molecule has 0 atom stereocenters. The molecule has 122 valence electrons. The Kier molecular flexibility index (Phi) is 5.86. The lowest BCUT2D eigenvalue weighted by Gasteiger charge is -2.14. The predicted molar refractivity (Wildman–Crippen MR) is 89.3 cm³/mol. The van der Waals surface area contributed by atoms with Crippen LogP contribution in [0.3, 0.4) is 0 Å². The van der Waals surface area contributed by atoms with Crippen LogP contribution in [0.15, 0.2) is 41.6 Å². The van der Waals surface area contributed by atoms with E-state index in [4.69, 9.17) is 19.4 Å². The number of hydrogen-bond acceptors (Lipinski definition) is 5. The molecule has 0 fully saturated rings. The van der Waals surface area contributed by atoms with Crippen molar-refractivity contribution in [3.63, 3.8) is 0 Å². The normalized spacial score (nSPS) is 10.7. The Morgan fingerprint density at radius 3 is 2.39 bits per heavy atom. The van der Waals surface area contributed by atoms with Gasteiger partial charge in [0.25, 0.3) is 0 Å². The van der Waals surface area contributed by atoms with Crippen molar-refractivity contribution in [3.05, 3.63) is 53.1 Å². The average Bonchev–Trinajstić information content (AvgIpc) is 2.55. The van der Waals surface area contributed by atoms with E-state index in [1.165, 1.54) is 6.21 Å². The molecule has 2 rings (SSSR count). The van der Waals surface area contributed by atoms with Gasteiger partial charge in [-0.1, -0.05) is 23.4 Å². The summed E-state index contributed by atoms with van der Waals surface area (Å²) in [5, 5.41) is 11.8. The fraction of sp³-hybridized carbons (Fsp3) is 0.278. The average molecular weight is 315 g/mol. The molecule has 0 saturated carbocycles. The van der Waals surface area contributed by atoms with E-state index < -0.39 is 0 Å². The summed E-state index contributed by atoms with van der Waals surface area (Å²) in [6.45, 7) is 4.81. The van der Waals surface area contributed by atoms with Crippen LogP contribution >= 0.6 is 0 Å². The molecule has 0 heterocycles. The Labute approximate surface area is 136 Å². The molecule has 0 bridgehead atoms. The maximum Gasteiger partial charge on any atom is 0.132 e. The van der Waals surface area contributed by atoms with Crippen LogP contribution in [0.5, 0.6) is 17.2 Å². The summed E-state index contributed by atoms with van der Waals surface area (Å²) in [5.41, 5.74) is 2.86.